The summed E-state index contributed by atoms with van der Waals surface area (Å²) < 4.78 is 26.4. The Labute approximate surface area is 173 Å². The van der Waals surface area contributed by atoms with E-state index in [-0.39, 0.29) is 17.3 Å². The zero-order chi connectivity index (χ0) is 20.9. The standard InChI is InChI=1S/C21H28N4O3S/c1-18-8-6-9-19(22-18)16-24-12-7-13-25(15-14-24)21(26)17-23(2)29(27,28)20-10-4-3-5-11-20/h3-6,8-11H,7,12-17H2,1-2H3. The monoisotopic (exact) mass is 416 g/mol. The van der Waals surface area contributed by atoms with Crippen molar-refractivity contribution in [2.24, 2.45) is 0 Å². The van der Waals surface area contributed by atoms with Gasteiger partial charge in [0.2, 0.25) is 15.9 Å². The third-order valence-corrected chi connectivity index (χ3v) is 6.90. The van der Waals surface area contributed by atoms with Crippen molar-refractivity contribution in [3.05, 3.63) is 59.9 Å². The molecule has 1 aliphatic rings. The summed E-state index contributed by atoms with van der Waals surface area (Å²) in [5.41, 5.74) is 2.02. The number of aryl methyl sites for hydroxylation is 1. The van der Waals surface area contributed by atoms with Gasteiger partial charge in [-0.15, -0.1) is 0 Å². The van der Waals surface area contributed by atoms with Crippen LogP contribution in [0.4, 0.5) is 0 Å². The SMILES string of the molecule is Cc1cccc(CN2CCCN(C(=O)CN(C)S(=O)(=O)c3ccccc3)CC2)n1. The number of amides is 1. The van der Waals surface area contributed by atoms with Crippen LogP contribution in [0.2, 0.25) is 0 Å². The lowest BCUT2D eigenvalue weighted by atomic mass is 10.3. The maximum absolute atomic E-state index is 12.7. The Kier molecular flexibility index (Phi) is 7.00. The quantitative estimate of drug-likeness (QED) is 0.717. The summed E-state index contributed by atoms with van der Waals surface area (Å²) in [5.74, 6) is -0.164. The van der Waals surface area contributed by atoms with Gasteiger partial charge in [0.05, 0.1) is 17.1 Å². The number of pyridine rings is 1. The van der Waals surface area contributed by atoms with Gasteiger partial charge in [-0.25, -0.2) is 8.42 Å². The van der Waals surface area contributed by atoms with Gasteiger partial charge in [-0.05, 0) is 37.6 Å². The Balaban J connectivity index is 1.56. The highest BCUT2D eigenvalue weighted by molar-refractivity contribution is 7.89. The summed E-state index contributed by atoms with van der Waals surface area (Å²) in [7, 11) is -2.22. The van der Waals surface area contributed by atoms with Crippen LogP contribution < -0.4 is 0 Å². The molecule has 0 bridgehead atoms. The number of sulfonamides is 1. The molecule has 0 spiro atoms. The Morgan fingerprint density at radius 1 is 1.03 bits per heavy atom. The van der Waals surface area contributed by atoms with Gasteiger partial charge in [0.15, 0.2) is 0 Å². The lowest BCUT2D eigenvalue weighted by Crippen LogP contribution is -2.42. The predicted molar refractivity (Wildman–Crippen MR) is 112 cm³/mol. The summed E-state index contributed by atoms with van der Waals surface area (Å²) in [4.78, 5) is 21.5. The highest BCUT2D eigenvalue weighted by atomic mass is 32.2. The van der Waals surface area contributed by atoms with E-state index in [1.165, 1.54) is 7.05 Å². The zero-order valence-corrected chi connectivity index (χ0v) is 17.8. The fraction of sp³-hybridized carbons (Fsp3) is 0.429. The number of hydrogen-bond acceptors (Lipinski definition) is 5. The average Bonchev–Trinajstić information content (AvgIpc) is 2.94. The first-order valence-electron chi connectivity index (χ1n) is 9.80. The summed E-state index contributed by atoms with van der Waals surface area (Å²) in [6, 6.07) is 14.2. The lowest BCUT2D eigenvalue weighted by molar-refractivity contribution is -0.131. The van der Waals surface area contributed by atoms with E-state index in [4.69, 9.17) is 0 Å². The number of rotatable bonds is 6. The molecule has 0 aliphatic carbocycles. The molecule has 3 rings (SSSR count). The van der Waals surface area contributed by atoms with E-state index in [0.29, 0.717) is 13.1 Å². The second-order valence-electron chi connectivity index (χ2n) is 7.35. The zero-order valence-electron chi connectivity index (χ0n) is 17.0. The van der Waals surface area contributed by atoms with Gasteiger partial charge in [-0.1, -0.05) is 24.3 Å². The molecular formula is C21H28N4O3S. The van der Waals surface area contributed by atoms with E-state index in [9.17, 15) is 13.2 Å². The molecule has 156 valence electrons. The van der Waals surface area contributed by atoms with Gasteiger partial charge < -0.3 is 4.90 Å². The lowest BCUT2D eigenvalue weighted by Gasteiger charge is -2.24. The second-order valence-corrected chi connectivity index (χ2v) is 9.40. The number of nitrogens with zero attached hydrogens (tertiary/aromatic N) is 4. The fourth-order valence-electron chi connectivity index (χ4n) is 3.44. The Morgan fingerprint density at radius 2 is 1.79 bits per heavy atom. The molecule has 1 aliphatic heterocycles. The first-order valence-corrected chi connectivity index (χ1v) is 11.2. The van der Waals surface area contributed by atoms with Gasteiger partial charge in [0.25, 0.3) is 0 Å². The smallest absolute Gasteiger partial charge is 0.243 e. The highest BCUT2D eigenvalue weighted by Crippen LogP contribution is 2.14. The Morgan fingerprint density at radius 3 is 2.52 bits per heavy atom. The van der Waals surface area contributed by atoms with Crippen molar-refractivity contribution in [3.63, 3.8) is 0 Å². The molecule has 1 saturated heterocycles. The molecule has 1 aromatic heterocycles. The molecule has 7 nitrogen and oxygen atoms in total. The normalized spacial score (nSPS) is 16.0. The average molecular weight is 417 g/mol. The van der Waals surface area contributed by atoms with E-state index in [2.05, 4.69) is 9.88 Å². The van der Waals surface area contributed by atoms with Crippen LogP contribution in [-0.2, 0) is 21.4 Å². The molecule has 0 saturated carbocycles. The van der Waals surface area contributed by atoms with Crippen molar-refractivity contribution in [2.45, 2.75) is 24.8 Å². The molecular weight excluding hydrogens is 388 g/mol. The Bertz CT molecular complexity index is 934. The Hall–Kier alpha value is -2.29. The molecule has 1 fully saturated rings. The van der Waals surface area contributed by atoms with Crippen molar-refractivity contribution >= 4 is 15.9 Å². The van der Waals surface area contributed by atoms with Gasteiger partial charge in [-0.2, -0.15) is 4.31 Å². The minimum absolute atomic E-state index is 0.156. The first-order chi connectivity index (χ1) is 13.9. The molecule has 0 unspecified atom stereocenters. The van der Waals surface area contributed by atoms with Gasteiger partial charge in [0, 0.05) is 45.5 Å². The number of benzene rings is 1. The van der Waals surface area contributed by atoms with Crippen molar-refractivity contribution in [1.29, 1.82) is 0 Å². The number of aromatic nitrogens is 1. The van der Waals surface area contributed by atoms with Crippen LogP contribution in [0.1, 0.15) is 17.8 Å². The molecule has 2 aromatic rings. The maximum atomic E-state index is 12.7. The van der Waals surface area contributed by atoms with E-state index in [1.807, 2.05) is 25.1 Å². The number of carbonyl (C=O) groups is 1. The van der Waals surface area contributed by atoms with Crippen LogP contribution in [0.25, 0.3) is 0 Å². The molecule has 1 aromatic carbocycles. The molecule has 8 heteroatoms. The van der Waals surface area contributed by atoms with Crippen LogP contribution in [0, 0.1) is 6.92 Å². The van der Waals surface area contributed by atoms with E-state index in [1.54, 1.807) is 35.2 Å². The molecule has 29 heavy (non-hydrogen) atoms. The fourth-order valence-corrected chi connectivity index (χ4v) is 4.58. The minimum atomic E-state index is -3.67. The largest absolute Gasteiger partial charge is 0.340 e. The van der Waals surface area contributed by atoms with Crippen LogP contribution in [0.5, 0.6) is 0 Å². The summed E-state index contributed by atoms with van der Waals surface area (Å²) in [6.45, 7) is 5.43. The van der Waals surface area contributed by atoms with Crippen LogP contribution in [0.15, 0.2) is 53.4 Å². The van der Waals surface area contributed by atoms with Crippen molar-refractivity contribution in [2.75, 3.05) is 39.8 Å². The van der Waals surface area contributed by atoms with Gasteiger partial charge >= 0.3 is 0 Å². The van der Waals surface area contributed by atoms with Gasteiger partial charge in [-0.3, -0.25) is 14.7 Å². The third kappa shape index (κ3) is 5.62. The van der Waals surface area contributed by atoms with Crippen molar-refractivity contribution in [3.8, 4) is 0 Å². The third-order valence-electron chi connectivity index (χ3n) is 5.08. The number of carbonyl (C=O) groups excluding carboxylic acids is 1. The van der Waals surface area contributed by atoms with Crippen molar-refractivity contribution in [1.82, 2.24) is 19.1 Å². The predicted octanol–water partition coefficient (Wildman–Crippen LogP) is 1.75. The molecule has 0 atom stereocenters. The molecule has 0 radical (unpaired) electrons. The molecule has 0 N–H and O–H groups in total. The van der Waals surface area contributed by atoms with E-state index < -0.39 is 10.0 Å². The van der Waals surface area contributed by atoms with E-state index >= 15 is 0 Å². The summed E-state index contributed by atoms with van der Waals surface area (Å²) >= 11 is 0. The van der Waals surface area contributed by atoms with Crippen LogP contribution in [-0.4, -0.2) is 73.2 Å². The minimum Gasteiger partial charge on any atom is -0.340 e. The second kappa shape index (κ2) is 9.47. The summed E-state index contributed by atoms with van der Waals surface area (Å²) in [6.07, 6.45) is 0.854. The van der Waals surface area contributed by atoms with Gasteiger partial charge in [0.1, 0.15) is 0 Å². The number of likely N-dealkylation sites (N-methyl/N-ethyl adjacent to an activating group) is 1. The van der Waals surface area contributed by atoms with Crippen LogP contribution >= 0.6 is 0 Å². The van der Waals surface area contributed by atoms with E-state index in [0.717, 1.165) is 41.7 Å². The highest BCUT2D eigenvalue weighted by Gasteiger charge is 2.26. The summed E-state index contributed by atoms with van der Waals surface area (Å²) in [5, 5.41) is 0. The van der Waals surface area contributed by atoms with Crippen molar-refractivity contribution < 1.29 is 13.2 Å². The first kappa shape index (κ1) is 21.4. The van der Waals surface area contributed by atoms with Crippen LogP contribution in [0.3, 0.4) is 0 Å². The molecule has 2 heterocycles. The topological polar surface area (TPSA) is 73.8 Å². The number of hydrogen-bond donors (Lipinski definition) is 0. The molecule has 1 amide bonds. The maximum Gasteiger partial charge on any atom is 0.243 e.